The molecule has 0 saturated heterocycles. The molecular weight excluding hydrogens is 319 g/mol. The van der Waals surface area contributed by atoms with E-state index in [9.17, 15) is 4.39 Å². The van der Waals surface area contributed by atoms with Gasteiger partial charge in [-0.1, -0.05) is 48.8 Å². The van der Waals surface area contributed by atoms with E-state index in [0.29, 0.717) is 5.56 Å². The van der Waals surface area contributed by atoms with Crippen LogP contribution in [-0.2, 0) is 6.42 Å². The van der Waals surface area contributed by atoms with Gasteiger partial charge in [-0.25, -0.2) is 4.39 Å². The van der Waals surface area contributed by atoms with E-state index < -0.39 is 0 Å². The number of rotatable bonds is 1. The summed E-state index contributed by atoms with van der Waals surface area (Å²) in [6, 6.07) is 21.0. The molecule has 0 amide bonds. The highest BCUT2D eigenvalue weighted by molar-refractivity contribution is 5.48. The lowest BCUT2D eigenvalue weighted by Gasteiger charge is -1.96. The smallest absolute Gasteiger partial charge is 0.139 e. The van der Waals surface area contributed by atoms with E-state index in [1.807, 2.05) is 49.4 Å². The van der Waals surface area contributed by atoms with Crippen LogP contribution in [0.2, 0.25) is 0 Å². The van der Waals surface area contributed by atoms with Gasteiger partial charge in [0.25, 0.3) is 0 Å². The Labute approximate surface area is 154 Å². The Morgan fingerprint density at radius 1 is 0.692 bits per heavy atom. The maximum atomic E-state index is 13.8. The van der Waals surface area contributed by atoms with Crippen molar-refractivity contribution in [2.24, 2.45) is 0 Å². The normalized spacial score (nSPS) is 9.65. The van der Waals surface area contributed by atoms with Crippen molar-refractivity contribution in [3.8, 4) is 23.7 Å². The summed E-state index contributed by atoms with van der Waals surface area (Å²) in [7, 11) is 0. The summed E-state index contributed by atoms with van der Waals surface area (Å²) in [4.78, 5) is 0. The average Bonchev–Trinajstić information content (AvgIpc) is 2.67. The predicted octanol–water partition coefficient (Wildman–Crippen LogP) is 5.50. The van der Waals surface area contributed by atoms with Crippen LogP contribution in [-0.4, -0.2) is 0 Å². The van der Waals surface area contributed by atoms with Gasteiger partial charge in [0, 0.05) is 16.7 Å². The fraction of sp³-hybridized carbons (Fsp3) is 0.120. The summed E-state index contributed by atoms with van der Waals surface area (Å²) in [6.07, 6.45) is 1.03. The molecule has 0 bridgehead atoms. The van der Waals surface area contributed by atoms with Crippen LogP contribution < -0.4 is 0 Å². The number of benzene rings is 3. The molecule has 0 atom stereocenters. The molecule has 0 aliphatic rings. The lowest BCUT2D eigenvalue weighted by Crippen LogP contribution is -1.85. The van der Waals surface area contributed by atoms with Gasteiger partial charge in [-0.3, -0.25) is 0 Å². The number of hydrogen-bond donors (Lipinski definition) is 0. The standard InChI is InChI=1S/C25H19F/c1-3-20-5-7-21(8-6-20)9-10-22-11-13-23(14-12-22)15-17-24-16-4-19(2)18-25(24)26/h4-8,11-14,16,18H,3H2,1-2H3. The summed E-state index contributed by atoms with van der Waals surface area (Å²) in [5.74, 6) is 11.9. The van der Waals surface area contributed by atoms with Gasteiger partial charge in [-0.05, 0) is 73.0 Å². The number of hydrogen-bond acceptors (Lipinski definition) is 0. The molecule has 0 N–H and O–H groups in total. The first-order valence-electron chi connectivity index (χ1n) is 8.63. The minimum atomic E-state index is -0.283. The first-order chi connectivity index (χ1) is 12.6. The lowest BCUT2D eigenvalue weighted by atomic mass is 10.1. The minimum Gasteiger partial charge on any atom is -0.206 e. The maximum Gasteiger partial charge on any atom is 0.139 e. The molecule has 3 rings (SSSR count). The molecule has 26 heavy (non-hydrogen) atoms. The molecule has 0 nitrogen and oxygen atoms in total. The Balaban J connectivity index is 1.73. The van der Waals surface area contributed by atoms with Gasteiger partial charge in [0.05, 0.1) is 5.56 Å². The molecule has 0 fully saturated rings. The van der Waals surface area contributed by atoms with Crippen LogP contribution in [0.25, 0.3) is 0 Å². The van der Waals surface area contributed by atoms with Crippen molar-refractivity contribution in [2.45, 2.75) is 20.3 Å². The first-order valence-corrected chi connectivity index (χ1v) is 8.63. The van der Waals surface area contributed by atoms with Crippen molar-refractivity contribution in [1.29, 1.82) is 0 Å². The highest BCUT2D eigenvalue weighted by Gasteiger charge is 1.98. The summed E-state index contributed by atoms with van der Waals surface area (Å²) < 4.78 is 13.8. The zero-order chi connectivity index (χ0) is 18.4. The van der Waals surface area contributed by atoms with Gasteiger partial charge in [-0.2, -0.15) is 0 Å². The van der Waals surface area contributed by atoms with Crippen LogP contribution >= 0.6 is 0 Å². The molecule has 0 aliphatic heterocycles. The largest absolute Gasteiger partial charge is 0.206 e. The van der Waals surface area contributed by atoms with E-state index in [1.54, 1.807) is 6.07 Å². The summed E-state index contributed by atoms with van der Waals surface area (Å²) in [5.41, 5.74) is 5.37. The first kappa shape index (κ1) is 17.5. The Bertz CT molecular complexity index is 1020. The molecule has 0 spiro atoms. The van der Waals surface area contributed by atoms with Gasteiger partial charge in [0.2, 0.25) is 0 Å². The molecular formula is C25H19F. The Morgan fingerprint density at radius 3 is 1.69 bits per heavy atom. The lowest BCUT2D eigenvalue weighted by molar-refractivity contribution is 0.623. The maximum absolute atomic E-state index is 13.8. The number of aryl methyl sites for hydroxylation is 2. The van der Waals surface area contributed by atoms with Crippen LogP contribution in [0.3, 0.4) is 0 Å². The average molecular weight is 338 g/mol. The summed E-state index contributed by atoms with van der Waals surface area (Å²) in [6.45, 7) is 4.00. The molecule has 3 aromatic rings. The van der Waals surface area contributed by atoms with E-state index in [-0.39, 0.29) is 5.82 Å². The van der Waals surface area contributed by atoms with Crippen LogP contribution in [0.15, 0.2) is 66.7 Å². The molecule has 0 unspecified atom stereocenters. The predicted molar refractivity (Wildman–Crippen MR) is 105 cm³/mol. The quantitative estimate of drug-likeness (QED) is 0.514. The fourth-order valence-electron chi connectivity index (χ4n) is 2.47. The second-order valence-electron chi connectivity index (χ2n) is 6.11. The third-order valence-corrected chi connectivity index (χ3v) is 4.06. The van der Waals surface area contributed by atoms with Crippen molar-refractivity contribution in [3.63, 3.8) is 0 Å². The zero-order valence-electron chi connectivity index (χ0n) is 14.9. The third kappa shape index (κ3) is 4.62. The highest BCUT2D eigenvalue weighted by atomic mass is 19.1. The van der Waals surface area contributed by atoms with Crippen molar-refractivity contribution >= 4 is 0 Å². The van der Waals surface area contributed by atoms with Gasteiger partial charge in [0.15, 0.2) is 0 Å². The molecule has 0 heterocycles. The van der Waals surface area contributed by atoms with Crippen LogP contribution in [0.5, 0.6) is 0 Å². The molecule has 1 heteroatoms. The molecule has 126 valence electrons. The molecule has 3 aromatic carbocycles. The topological polar surface area (TPSA) is 0 Å². The van der Waals surface area contributed by atoms with E-state index in [2.05, 4.69) is 42.7 Å². The minimum absolute atomic E-state index is 0.283. The van der Waals surface area contributed by atoms with Crippen molar-refractivity contribution in [1.82, 2.24) is 0 Å². The van der Waals surface area contributed by atoms with Gasteiger partial charge >= 0.3 is 0 Å². The summed E-state index contributed by atoms with van der Waals surface area (Å²) in [5, 5.41) is 0. The Kier molecular flexibility index (Phi) is 5.52. The summed E-state index contributed by atoms with van der Waals surface area (Å²) >= 11 is 0. The van der Waals surface area contributed by atoms with Gasteiger partial charge < -0.3 is 0 Å². The van der Waals surface area contributed by atoms with Gasteiger partial charge in [-0.15, -0.1) is 0 Å². The van der Waals surface area contributed by atoms with E-state index in [0.717, 1.165) is 28.7 Å². The van der Waals surface area contributed by atoms with E-state index >= 15 is 0 Å². The van der Waals surface area contributed by atoms with Crippen molar-refractivity contribution in [2.75, 3.05) is 0 Å². The molecule has 0 aromatic heterocycles. The Morgan fingerprint density at radius 2 is 1.19 bits per heavy atom. The van der Waals surface area contributed by atoms with Crippen molar-refractivity contribution < 1.29 is 4.39 Å². The van der Waals surface area contributed by atoms with Crippen LogP contribution in [0, 0.1) is 36.4 Å². The molecule has 0 radical (unpaired) electrons. The van der Waals surface area contributed by atoms with Gasteiger partial charge in [0.1, 0.15) is 5.82 Å². The van der Waals surface area contributed by atoms with E-state index in [4.69, 9.17) is 0 Å². The van der Waals surface area contributed by atoms with E-state index in [1.165, 1.54) is 11.6 Å². The monoisotopic (exact) mass is 338 g/mol. The van der Waals surface area contributed by atoms with Crippen molar-refractivity contribution in [3.05, 3.63) is 106 Å². The second kappa shape index (κ2) is 8.19. The molecule has 0 saturated carbocycles. The zero-order valence-corrected chi connectivity index (χ0v) is 14.9. The highest BCUT2D eigenvalue weighted by Crippen LogP contribution is 2.09. The molecule has 0 aliphatic carbocycles. The third-order valence-electron chi connectivity index (χ3n) is 4.06. The second-order valence-corrected chi connectivity index (χ2v) is 6.11. The van der Waals surface area contributed by atoms with Crippen LogP contribution in [0.4, 0.5) is 4.39 Å². The SMILES string of the molecule is CCc1ccc(C#Cc2ccc(C#Cc3ccc(C)cc3F)cc2)cc1. The number of halogens is 1. The van der Waals surface area contributed by atoms with Crippen LogP contribution in [0.1, 0.15) is 40.3 Å². The fourth-order valence-corrected chi connectivity index (χ4v) is 2.47. The Hall–Kier alpha value is -3.29.